The maximum absolute atomic E-state index is 13.9. The molecule has 1 heterocycles. The summed E-state index contributed by atoms with van der Waals surface area (Å²) in [6.45, 7) is 0.180. The summed E-state index contributed by atoms with van der Waals surface area (Å²) in [4.78, 5) is 26.3. The number of hydrogen-bond acceptors (Lipinski definition) is 4. The standard InChI is InChI=1S/C24H16Cl2FNO3S/c25-18-8-7-17(20(26)12-18)14-31-19-9-5-15(6-10-19)11-22-23(29)28(24(30)32-22)13-16-3-1-2-4-21(16)27/h1-12H,13-14H2/b22-11-. The summed E-state index contributed by atoms with van der Waals surface area (Å²) in [5.74, 6) is -0.271. The monoisotopic (exact) mass is 487 g/mol. The van der Waals surface area contributed by atoms with Gasteiger partial charge in [0.15, 0.2) is 0 Å². The van der Waals surface area contributed by atoms with Crippen molar-refractivity contribution in [3.05, 3.63) is 104 Å². The Bertz CT molecular complexity index is 1210. The van der Waals surface area contributed by atoms with Crippen LogP contribution in [0.5, 0.6) is 5.75 Å². The molecule has 162 valence electrons. The fourth-order valence-electron chi connectivity index (χ4n) is 3.04. The van der Waals surface area contributed by atoms with Crippen LogP contribution in [0.15, 0.2) is 71.6 Å². The molecule has 0 aromatic heterocycles. The Labute approximate surface area is 198 Å². The molecule has 0 radical (unpaired) electrons. The second-order valence-electron chi connectivity index (χ2n) is 6.95. The van der Waals surface area contributed by atoms with Gasteiger partial charge in [0.1, 0.15) is 18.2 Å². The van der Waals surface area contributed by atoms with Crippen molar-refractivity contribution in [3.8, 4) is 5.75 Å². The van der Waals surface area contributed by atoms with E-state index in [1.54, 1.807) is 66.7 Å². The number of ether oxygens (including phenoxy) is 1. The lowest BCUT2D eigenvalue weighted by atomic mass is 10.2. The van der Waals surface area contributed by atoms with Gasteiger partial charge in [-0.25, -0.2) is 4.39 Å². The third kappa shape index (κ3) is 5.15. The Morgan fingerprint density at radius 3 is 2.44 bits per heavy atom. The molecule has 3 aromatic rings. The SMILES string of the molecule is O=C1S/C(=C\c2ccc(OCc3ccc(Cl)cc3Cl)cc2)C(=O)N1Cc1ccccc1F. The summed E-state index contributed by atoms with van der Waals surface area (Å²) >= 11 is 12.9. The highest BCUT2D eigenvalue weighted by atomic mass is 35.5. The highest BCUT2D eigenvalue weighted by Gasteiger charge is 2.35. The van der Waals surface area contributed by atoms with Crippen LogP contribution in [-0.4, -0.2) is 16.0 Å². The maximum Gasteiger partial charge on any atom is 0.293 e. The number of carbonyl (C=O) groups is 2. The van der Waals surface area contributed by atoms with Crippen LogP contribution < -0.4 is 4.74 Å². The summed E-state index contributed by atoms with van der Waals surface area (Å²) in [6, 6.07) is 18.4. The molecular formula is C24H16Cl2FNO3S. The number of imide groups is 1. The van der Waals surface area contributed by atoms with E-state index in [2.05, 4.69) is 0 Å². The topological polar surface area (TPSA) is 46.6 Å². The van der Waals surface area contributed by atoms with E-state index in [9.17, 15) is 14.0 Å². The van der Waals surface area contributed by atoms with Gasteiger partial charge in [-0.1, -0.05) is 59.6 Å². The molecule has 4 nitrogen and oxygen atoms in total. The van der Waals surface area contributed by atoms with E-state index in [-0.39, 0.29) is 18.1 Å². The molecule has 0 saturated carbocycles. The molecule has 1 saturated heterocycles. The van der Waals surface area contributed by atoms with Gasteiger partial charge in [0.05, 0.1) is 11.4 Å². The van der Waals surface area contributed by atoms with Gasteiger partial charge < -0.3 is 4.74 Å². The summed E-state index contributed by atoms with van der Waals surface area (Å²) in [5.41, 5.74) is 1.83. The van der Waals surface area contributed by atoms with Crippen LogP contribution in [0, 0.1) is 5.82 Å². The fourth-order valence-corrected chi connectivity index (χ4v) is 4.35. The molecule has 1 aliphatic rings. The third-order valence-corrected chi connectivity index (χ3v) is 6.24. The maximum atomic E-state index is 13.9. The highest BCUT2D eigenvalue weighted by Crippen LogP contribution is 2.34. The van der Waals surface area contributed by atoms with Crippen molar-refractivity contribution in [1.29, 1.82) is 0 Å². The molecule has 0 bridgehead atoms. The minimum absolute atomic E-state index is 0.102. The fraction of sp³-hybridized carbons (Fsp3) is 0.0833. The molecule has 1 aliphatic heterocycles. The average Bonchev–Trinajstić information content (AvgIpc) is 3.03. The van der Waals surface area contributed by atoms with E-state index in [0.717, 1.165) is 27.8 Å². The zero-order valence-electron chi connectivity index (χ0n) is 16.6. The summed E-state index contributed by atoms with van der Waals surface area (Å²) < 4.78 is 19.6. The molecule has 0 spiro atoms. The van der Waals surface area contributed by atoms with E-state index < -0.39 is 17.0 Å². The van der Waals surface area contributed by atoms with Crippen LogP contribution in [0.1, 0.15) is 16.7 Å². The lowest BCUT2D eigenvalue weighted by Gasteiger charge is -2.12. The number of carbonyl (C=O) groups excluding carboxylic acids is 2. The van der Waals surface area contributed by atoms with Crippen molar-refractivity contribution >= 4 is 52.2 Å². The van der Waals surface area contributed by atoms with Crippen molar-refractivity contribution in [2.45, 2.75) is 13.2 Å². The largest absolute Gasteiger partial charge is 0.489 e. The van der Waals surface area contributed by atoms with Crippen molar-refractivity contribution in [3.63, 3.8) is 0 Å². The van der Waals surface area contributed by atoms with Crippen LogP contribution >= 0.6 is 35.0 Å². The molecule has 8 heteroatoms. The van der Waals surface area contributed by atoms with Gasteiger partial charge in [0, 0.05) is 21.2 Å². The van der Waals surface area contributed by atoms with Crippen LogP contribution in [0.2, 0.25) is 10.0 Å². The van der Waals surface area contributed by atoms with Crippen LogP contribution in [0.25, 0.3) is 6.08 Å². The Morgan fingerprint density at radius 2 is 1.72 bits per heavy atom. The third-order valence-electron chi connectivity index (χ3n) is 4.75. The number of halogens is 3. The van der Waals surface area contributed by atoms with Gasteiger partial charge in [-0.05, 0) is 53.7 Å². The number of benzene rings is 3. The molecule has 0 aliphatic carbocycles. The molecular weight excluding hydrogens is 472 g/mol. The first-order valence-corrected chi connectivity index (χ1v) is 11.1. The Kier molecular flexibility index (Phi) is 6.84. The number of hydrogen-bond donors (Lipinski definition) is 0. The van der Waals surface area contributed by atoms with Crippen molar-refractivity contribution in [2.24, 2.45) is 0 Å². The van der Waals surface area contributed by atoms with Crippen molar-refractivity contribution < 1.29 is 18.7 Å². The number of nitrogens with zero attached hydrogens (tertiary/aromatic N) is 1. The number of amides is 2. The first-order valence-electron chi connectivity index (χ1n) is 9.56. The highest BCUT2D eigenvalue weighted by molar-refractivity contribution is 8.18. The predicted octanol–water partition coefficient (Wildman–Crippen LogP) is 6.95. The van der Waals surface area contributed by atoms with Crippen LogP contribution in [0.4, 0.5) is 9.18 Å². The lowest BCUT2D eigenvalue weighted by Crippen LogP contribution is -2.27. The first kappa shape index (κ1) is 22.4. The summed E-state index contributed by atoms with van der Waals surface area (Å²) in [5, 5.41) is 0.658. The Balaban J connectivity index is 1.42. The van der Waals surface area contributed by atoms with E-state index in [0.29, 0.717) is 21.4 Å². The molecule has 32 heavy (non-hydrogen) atoms. The zero-order valence-corrected chi connectivity index (χ0v) is 18.9. The van der Waals surface area contributed by atoms with Gasteiger partial charge in [0.2, 0.25) is 0 Å². The number of thioether (sulfide) groups is 1. The lowest BCUT2D eigenvalue weighted by molar-refractivity contribution is -0.123. The predicted molar refractivity (Wildman–Crippen MR) is 125 cm³/mol. The van der Waals surface area contributed by atoms with Crippen molar-refractivity contribution in [1.82, 2.24) is 4.90 Å². The average molecular weight is 488 g/mol. The normalized spacial score (nSPS) is 15.0. The van der Waals surface area contributed by atoms with Crippen LogP contribution in [0.3, 0.4) is 0 Å². The zero-order chi connectivity index (χ0) is 22.7. The first-order chi connectivity index (χ1) is 15.4. The number of rotatable bonds is 6. The molecule has 2 amide bonds. The van der Waals surface area contributed by atoms with Gasteiger partial charge in [-0.2, -0.15) is 0 Å². The van der Waals surface area contributed by atoms with E-state index in [1.807, 2.05) is 0 Å². The smallest absolute Gasteiger partial charge is 0.293 e. The minimum Gasteiger partial charge on any atom is -0.489 e. The summed E-state index contributed by atoms with van der Waals surface area (Å²) in [7, 11) is 0. The molecule has 0 atom stereocenters. The molecule has 4 rings (SSSR count). The Morgan fingerprint density at radius 1 is 0.969 bits per heavy atom. The van der Waals surface area contributed by atoms with Gasteiger partial charge >= 0.3 is 0 Å². The van der Waals surface area contributed by atoms with E-state index >= 15 is 0 Å². The minimum atomic E-state index is -0.453. The van der Waals surface area contributed by atoms with Gasteiger partial charge in [-0.3, -0.25) is 14.5 Å². The second-order valence-corrected chi connectivity index (χ2v) is 8.79. The molecule has 1 fully saturated rings. The Hall–Kier alpha value is -2.80. The molecule has 0 unspecified atom stereocenters. The molecule has 3 aromatic carbocycles. The quantitative estimate of drug-likeness (QED) is 0.353. The van der Waals surface area contributed by atoms with E-state index in [1.165, 1.54) is 6.07 Å². The summed E-state index contributed by atoms with van der Waals surface area (Å²) in [6.07, 6.45) is 1.63. The van der Waals surface area contributed by atoms with Gasteiger partial charge in [0.25, 0.3) is 11.1 Å². The molecule has 0 N–H and O–H groups in total. The van der Waals surface area contributed by atoms with Crippen molar-refractivity contribution in [2.75, 3.05) is 0 Å². The van der Waals surface area contributed by atoms with Crippen LogP contribution in [-0.2, 0) is 17.9 Å². The second kappa shape index (κ2) is 9.77. The van der Waals surface area contributed by atoms with E-state index in [4.69, 9.17) is 27.9 Å². The van der Waals surface area contributed by atoms with Gasteiger partial charge in [-0.15, -0.1) is 0 Å².